The molecule has 282 valence electrons. The fourth-order valence-electron chi connectivity index (χ4n) is 5.48. The molecule has 0 aliphatic heterocycles. The summed E-state index contributed by atoms with van der Waals surface area (Å²) in [5.74, 6) is 0.218. The van der Waals surface area contributed by atoms with Gasteiger partial charge in [0.2, 0.25) is 10.0 Å². The Morgan fingerprint density at radius 3 is 2.42 bits per heavy atom. The van der Waals surface area contributed by atoms with Crippen molar-refractivity contribution in [3.05, 3.63) is 78.8 Å². The van der Waals surface area contributed by atoms with Crippen LogP contribution in [0.2, 0.25) is 0 Å². The summed E-state index contributed by atoms with van der Waals surface area (Å²) in [6, 6.07) is 15.1. The molecule has 4 N–H and O–H groups in total. The van der Waals surface area contributed by atoms with Gasteiger partial charge in [0, 0.05) is 19.6 Å². The van der Waals surface area contributed by atoms with Crippen LogP contribution in [0.25, 0.3) is 11.2 Å². The van der Waals surface area contributed by atoms with Crippen molar-refractivity contribution >= 4 is 39.3 Å². The first kappa shape index (κ1) is 39.7. The molecule has 15 nitrogen and oxygen atoms in total. The van der Waals surface area contributed by atoms with E-state index in [4.69, 9.17) is 23.0 Å². The topological polar surface area (TPSA) is 199 Å². The van der Waals surface area contributed by atoms with Gasteiger partial charge in [-0.25, -0.2) is 18.0 Å². The van der Waals surface area contributed by atoms with E-state index in [1.807, 2.05) is 44.2 Å². The Hall–Kier alpha value is -5.06. The highest BCUT2D eigenvalue weighted by Crippen LogP contribution is 2.30. The molecule has 52 heavy (non-hydrogen) atoms. The molecule has 0 radical (unpaired) electrons. The number of nitrogens with one attached hydrogen (secondary N) is 3. The first-order chi connectivity index (χ1) is 24.8. The number of methoxy groups -OCH3 is 1. The molecule has 0 saturated carbocycles. The number of aliphatic hydroxyl groups is 1. The number of amides is 3. The summed E-state index contributed by atoms with van der Waals surface area (Å²) in [6.45, 7) is 5.26. The standard InChI is InChI=1S/C36H46N4O11S/c1-5-48-32(42)21-38-34(43)37-18-9-17-36(2,3)24-40(52(45,46)27-14-12-26(47-4)13-15-27)22-30(41)29(20-25-10-7-6-8-11-25)39-35(44)51-31-23-50-33-28(31)16-19-49-33/h6-8,10-16,19,23,29-30,41H,5,9,17-18,20-22,24H2,1-4H3,(H,39,44)(H2,37,38,43)/t29-,30+/m0/s1. The average Bonchev–Trinajstić information content (AvgIpc) is 3.74. The second kappa shape index (κ2) is 18.4. The Labute approximate surface area is 302 Å². The van der Waals surface area contributed by atoms with E-state index in [0.717, 1.165) is 5.56 Å². The number of hydrogen-bond donors (Lipinski definition) is 4. The van der Waals surface area contributed by atoms with Gasteiger partial charge < -0.3 is 44.1 Å². The van der Waals surface area contributed by atoms with Crippen LogP contribution in [-0.2, 0) is 26.0 Å². The summed E-state index contributed by atoms with van der Waals surface area (Å²) >= 11 is 0. The largest absolute Gasteiger partial charge is 0.497 e. The molecule has 4 rings (SSSR count). The number of aliphatic hydroxyl groups excluding tert-OH is 1. The molecule has 3 amide bonds. The fourth-order valence-corrected chi connectivity index (χ4v) is 7.13. The van der Waals surface area contributed by atoms with E-state index in [1.54, 1.807) is 13.0 Å². The number of sulfonamides is 1. The fraction of sp³-hybridized carbons (Fsp3) is 0.417. The molecule has 0 spiro atoms. The lowest BCUT2D eigenvalue weighted by atomic mass is 9.87. The zero-order chi connectivity index (χ0) is 37.7. The highest BCUT2D eigenvalue weighted by atomic mass is 32.2. The van der Waals surface area contributed by atoms with E-state index in [9.17, 15) is 27.9 Å². The number of carbonyl (C=O) groups excluding carboxylic acids is 3. The minimum Gasteiger partial charge on any atom is -0.497 e. The van der Waals surface area contributed by atoms with Crippen molar-refractivity contribution in [3.63, 3.8) is 0 Å². The molecule has 4 aromatic rings. The minimum atomic E-state index is -4.18. The van der Waals surface area contributed by atoms with E-state index in [1.165, 1.54) is 48.2 Å². The van der Waals surface area contributed by atoms with E-state index in [2.05, 4.69) is 16.0 Å². The highest BCUT2D eigenvalue weighted by Gasteiger charge is 2.35. The van der Waals surface area contributed by atoms with Crippen LogP contribution in [0.15, 0.2) is 86.9 Å². The van der Waals surface area contributed by atoms with Gasteiger partial charge in [0.15, 0.2) is 5.75 Å². The molecule has 2 heterocycles. The minimum absolute atomic E-state index is 0.00713. The monoisotopic (exact) mass is 742 g/mol. The summed E-state index contributed by atoms with van der Waals surface area (Å²) in [7, 11) is -2.71. The van der Waals surface area contributed by atoms with Crippen molar-refractivity contribution in [2.24, 2.45) is 5.41 Å². The van der Waals surface area contributed by atoms with Crippen LogP contribution in [0.4, 0.5) is 9.59 Å². The van der Waals surface area contributed by atoms with Gasteiger partial charge in [-0.1, -0.05) is 44.2 Å². The Morgan fingerprint density at radius 1 is 1.00 bits per heavy atom. The molecule has 2 aromatic heterocycles. The molecule has 0 saturated heterocycles. The van der Waals surface area contributed by atoms with Gasteiger partial charge in [0.25, 0.3) is 0 Å². The van der Waals surface area contributed by atoms with E-state index < -0.39 is 45.7 Å². The van der Waals surface area contributed by atoms with Gasteiger partial charge in [0.1, 0.15) is 23.9 Å². The molecule has 0 aliphatic carbocycles. The lowest BCUT2D eigenvalue weighted by Gasteiger charge is -2.35. The quantitative estimate of drug-likeness (QED) is 0.0782. The molecule has 2 aromatic carbocycles. The van der Waals surface area contributed by atoms with Gasteiger partial charge in [-0.2, -0.15) is 4.31 Å². The molecule has 0 bridgehead atoms. The SMILES string of the molecule is CCOC(=O)CNC(=O)NCCCC(C)(C)CN(C[C@@H](O)[C@H](Cc1ccccc1)NC(=O)Oc1coc2occc12)S(=O)(=O)c1ccc(OC)cc1. The number of carbonyl (C=O) groups is 3. The van der Waals surface area contributed by atoms with Crippen LogP contribution in [0, 0.1) is 5.41 Å². The van der Waals surface area contributed by atoms with Crippen molar-refractivity contribution in [3.8, 4) is 11.5 Å². The summed E-state index contributed by atoms with van der Waals surface area (Å²) < 4.78 is 55.5. The van der Waals surface area contributed by atoms with Crippen LogP contribution < -0.4 is 25.4 Å². The summed E-state index contributed by atoms with van der Waals surface area (Å²) in [5, 5.41) is 20.0. The number of furan rings is 2. The predicted octanol–water partition coefficient (Wildman–Crippen LogP) is 4.45. The third-order valence-electron chi connectivity index (χ3n) is 8.14. The van der Waals surface area contributed by atoms with Gasteiger partial charge in [-0.15, -0.1) is 0 Å². The van der Waals surface area contributed by atoms with Crippen LogP contribution in [0.3, 0.4) is 0 Å². The number of esters is 1. The second-order valence-electron chi connectivity index (χ2n) is 12.8. The van der Waals surface area contributed by atoms with E-state index >= 15 is 0 Å². The highest BCUT2D eigenvalue weighted by molar-refractivity contribution is 7.89. The lowest BCUT2D eigenvalue weighted by molar-refractivity contribution is -0.141. The first-order valence-corrected chi connectivity index (χ1v) is 18.2. The normalized spacial score (nSPS) is 13.0. The molecular weight excluding hydrogens is 696 g/mol. The van der Waals surface area contributed by atoms with Crippen molar-refractivity contribution < 1.29 is 51.0 Å². The van der Waals surface area contributed by atoms with Crippen LogP contribution in [0.1, 0.15) is 39.2 Å². The zero-order valence-corrected chi connectivity index (χ0v) is 30.4. The summed E-state index contributed by atoms with van der Waals surface area (Å²) in [6.07, 6.45) is 1.48. The number of nitrogens with zero attached hydrogens (tertiary/aromatic N) is 1. The second-order valence-corrected chi connectivity index (χ2v) is 14.7. The predicted molar refractivity (Wildman–Crippen MR) is 190 cm³/mol. The summed E-state index contributed by atoms with van der Waals surface area (Å²) in [5.41, 5.74) is 0.150. The van der Waals surface area contributed by atoms with Crippen molar-refractivity contribution in [1.82, 2.24) is 20.3 Å². The maximum Gasteiger partial charge on any atom is 0.413 e. The zero-order valence-electron chi connectivity index (χ0n) is 29.6. The maximum absolute atomic E-state index is 14.2. The van der Waals surface area contributed by atoms with E-state index in [0.29, 0.717) is 24.0 Å². The number of fused-ring (bicyclic) bond motifs is 1. The average molecular weight is 743 g/mol. The van der Waals surface area contributed by atoms with Crippen LogP contribution >= 0.6 is 0 Å². The third-order valence-corrected chi connectivity index (χ3v) is 9.97. The number of urea groups is 1. The molecule has 2 atom stereocenters. The molecular formula is C36H46N4O11S. The van der Waals surface area contributed by atoms with Gasteiger partial charge >= 0.3 is 23.9 Å². The molecule has 0 fully saturated rings. The van der Waals surface area contributed by atoms with Crippen LogP contribution in [0.5, 0.6) is 11.5 Å². The van der Waals surface area contributed by atoms with Gasteiger partial charge in [-0.05, 0) is 67.5 Å². The molecule has 0 unspecified atom stereocenters. The van der Waals surface area contributed by atoms with Crippen molar-refractivity contribution in [1.29, 1.82) is 0 Å². The Kier molecular flexibility index (Phi) is 14.1. The Balaban J connectivity index is 1.50. The number of hydrogen-bond acceptors (Lipinski definition) is 11. The number of benzene rings is 2. The van der Waals surface area contributed by atoms with E-state index in [-0.39, 0.29) is 55.6 Å². The smallest absolute Gasteiger partial charge is 0.413 e. The lowest BCUT2D eigenvalue weighted by Crippen LogP contribution is -2.52. The Bertz CT molecular complexity index is 1860. The van der Waals surface area contributed by atoms with Gasteiger partial charge in [0.05, 0.1) is 37.0 Å². The molecule has 0 aliphatic rings. The third kappa shape index (κ3) is 11.5. The summed E-state index contributed by atoms with van der Waals surface area (Å²) in [4.78, 5) is 36.8. The van der Waals surface area contributed by atoms with Crippen molar-refractivity contribution in [2.45, 2.75) is 57.1 Å². The maximum atomic E-state index is 14.2. The Morgan fingerprint density at radius 2 is 1.73 bits per heavy atom. The number of ether oxygens (including phenoxy) is 3. The van der Waals surface area contributed by atoms with Gasteiger partial charge in [-0.3, -0.25) is 4.79 Å². The van der Waals surface area contributed by atoms with Crippen molar-refractivity contribution in [2.75, 3.05) is 39.9 Å². The first-order valence-electron chi connectivity index (χ1n) is 16.8. The van der Waals surface area contributed by atoms with Crippen LogP contribution in [-0.4, -0.2) is 88.0 Å². The molecule has 16 heteroatoms. The number of rotatable bonds is 19.